The highest BCUT2D eigenvalue weighted by Gasteiger charge is 2.39. The third kappa shape index (κ3) is 2.80. The first-order valence-electron chi connectivity index (χ1n) is 7.76. The fourth-order valence-corrected chi connectivity index (χ4v) is 3.84. The Hall–Kier alpha value is -0.980. The Morgan fingerprint density at radius 3 is 2.32 bits per heavy atom. The molecule has 2 bridgehead atoms. The van der Waals surface area contributed by atoms with Gasteiger partial charge in [0, 0.05) is 0 Å². The average Bonchev–Trinajstić information content (AvgIpc) is 2.98. The van der Waals surface area contributed by atoms with Gasteiger partial charge in [0.15, 0.2) is 0 Å². The highest BCUT2D eigenvalue weighted by molar-refractivity contribution is 5.31. The molecule has 3 unspecified atom stereocenters. The topological polar surface area (TPSA) is 9.23 Å². The fourth-order valence-electron chi connectivity index (χ4n) is 3.84. The first-order chi connectivity index (χ1) is 9.02. The molecule has 2 fully saturated rings. The summed E-state index contributed by atoms with van der Waals surface area (Å²) in [6, 6.07) is 8.67. The summed E-state index contributed by atoms with van der Waals surface area (Å²) in [7, 11) is 0. The van der Waals surface area contributed by atoms with Crippen LogP contribution in [0.2, 0.25) is 0 Å². The summed E-state index contributed by atoms with van der Waals surface area (Å²) < 4.78 is 6.01. The van der Waals surface area contributed by atoms with Crippen LogP contribution in [0.25, 0.3) is 0 Å². The predicted molar refractivity (Wildman–Crippen MR) is 79.6 cm³/mol. The number of ether oxygens (including phenoxy) is 1. The predicted octanol–water partition coefficient (Wildman–Crippen LogP) is 4.80. The van der Waals surface area contributed by atoms with E-state index < -0.39 is 0 Å². The fraction of sp³-hybridized carbons (Fsp3) is 0.667. The van der Waals surface area contributed by atoms with Gasteiger partial charge in [0.25, 0.3) is 0 Å². The lowest BCUT2D eigenvalue weighted by molar-refractivity contribution is 0.195. The average molecular weight is 258 g/mol. The van der Waals surface area contributed by atoms with Crippen LogP contribution in [-0.4, -0.2) is 6.61 Å². The van der Waals surface area contributed by atoms with Gasteiger partial charge in [0.2, 0.25) is 0 Å². The Morgan fingerprint density at radius 2 is 1.79 bits per heavy atom. The van der Waals surface area contributed by atoms with Crippen molar-refractivity contribution < 1.29 is 4.74 Å². The Morgan fingerprint density at radius 1 is 1.05 bits per heavy atom. The van der Waals surface area contributed by atoms with Crippen molar-refractivity contribution in [3.8, 4) is 5.75 Å². The molecule has 104 valence electrons. The third-order valence-electron chi connectivity index (χ3n) is 5.07. The monoisotopic (exact) mass is 258 g/mol. The van der Waals surface area contributed by atoms with Gasteiger partial charge in [0.1, 0.15) is 5.75 Å². The Labute approximate surface area is 117 Å². The SMILES string of the molecule is CC(C)(C)c1ccc(OCC2CC3CCC2C3)cc1. The van der Waals surface area contributed by atoms with E-state index in [1.54, 1.807) is 0 Å². The number of rotatable bonds is 3. The molecule has 0 spiro atoms. The maximum Gasteiger partial charge on any atom is 0.119 e. The molecule has 0 amide bonds. The van der Waals surface area contributed by atoms with Crippen LogP contribution < -0.4 is 4.74 Å². The number of hydrogen-bond acceptors (Lipinski definition) is 1. The van der Waals surface area contributed by atoms with E-state index in [-0.39, 0.29) is 5.41 Å². The second-order valence-corrected chi connectivity index (χ2v) is 7.52. The molecule has 0 N–H and O–H groups in total. The van der Waals surface area contributed by atoms with Crippen molar-refractivity contribution in [2.75, 3.05) is 6.61 Å². The first kappa shape index (κ1) is 13.0. The van der Waals surface area contributed by atoms with Crippen LogP contribution in [-0.2, 0) is 5.41 Å². The van der Waals surface area contributed by atoms with Gasteiger partial charge in [-0.25, -0.2) is 0 Å². The molecule has 0 aromatic heterocycles. The van der Waals surface area contributed by atoms with E-state index in [0.29, 0.717) is 0 Å². The van der Waals surface area contributed by atoms with Gasteiger partial charge in [-0.3, -0.25) is 0 Å². The number of hydrogen-bond donors (Lipinski definition) is 0. The molecule has 3 rings (SSSR count). The minimum Gasteiger partial charge on any atom is -0.493 e. The summed E-state index contributed by atoms with van der Waals surface area (Å²) >= 11 is 0. The summed E-state index contributed by atoms with van der Waals surface area (Å²) in [5.74, 6) is 3.83. The molecule has 2 aliphatic carbocycles. The maximum absolute atomic E-state index is 6.01. The van der Waals surface area contributed by atoms with Gasteiger partial charge in [-0.2, -0.15) is 0 Å². The van der Waals surface area contributed by atoms with Crippen LogP contribution in [0.5, 0.6) is 5.75 Å². The lowest BCUT2D eigenvalue weighted by Gasteiger charge is -2.22. The smallest absolute Gasteiger partial charge is 0.119 e. The van der Waals surface area contributed by atoms with Crippen molar-refractivity contribution in [3.05, 3.63) is 29.8 Å². The van der Waals surface area contributed by atoms with Crippen LogP contribution >= 0.6 is 0 Å². The van der Waals surface area contributed by atoms with Crippen molar-refractivity contribution in [2.45, 2.75) is 51.9 Å². The summed E-state index contributed by atoms with van der Waals surface area (Å²) in [6.45, 7) is 7.67. The van der Waals surface area contributed by atoms with E-state index in [2.05, 4.69) is 45.0 Å². The highest BCUT2D eigenvalue weighted by atomic mass is 16.5. The van der Waals surface area contributed by atoms with E-state index in [1.165, 1.54) is 31.2 Å². The van der Waals surface area contributed by atoms with Crippen molar-refractivity contribution in [1.29, 1.82) is 0 Å². The summed E-state index contributed by atoms with van der Waals surface area (Å²) in [5, 5.41) is 0. The zero-order chi connectivity index (χ0) is 13.5. The molecule has 0 aliphatic heterocycles. The van der Waals surface area contributed by atoms with Crippen LogP contribution in [0, 0.1) is 17.8 Å². The zero-order valence-electron chi connectivity index (χ0n) is 12.5. The summed E-state index contributed by atoms with van der Waals surface area (Å²) in [6.07, 6.45) is 5.80. The van der Waals surface area contributed by atoms with Gasteiger partial charge < -0.3 is 4.74 Å². The Bertz CT molecular complexity index is 426. The van der Waals surface area contributed by atoms with Crippen LogP contribution in [0.1, 0.15) is 52.0 Å². The molecule has 0 saturated heterocycles. The molecule has 0 heterocycles. The minimum absolute atomic E-state index is 0.225. The molecule has 1 aromatic rings. The second kappa shape index (κ2) is 4.85. The van der Waals surface area contributed by atoms with E-state index >= 15 is 0 Å². The molecule has 1 heteroatoms. The van der Waals surface area contributed by atoms with Gasteiger partial charge in [-0.15, -0.1) is 0 Å². The molecule has 2 aliphatic rings. The highest BCUT2D eigenvalue weighted by Crippen LogP contribution is 2.48. The Kier molecular flexibility index (Phi) is 3.32. The van der Waals surface area contributed by atoms with Crippen molar-refractivity contribution in [2.24, 2.45) is 17.8 Å². The summed E-state index contributed by atoms with van der Waals surface area (Å²) in [4.78, 5) is 0. The van der Waals surface area contributed by atoms with E-state index in [1.807, 2.05) is 0 Å². The lowest BCUT2D eigenvalue weighted by Crippen LogP contribution is -2.18. The van der Waals surface area contributed by atoms with E-state index in [9.17, 15) is 0 Å². The quantitative estimate of drug-likeness (QED) is 0.756. The van der Waals surface area contributed by atoms with Crippen molar-refractivity contribution >= 4 is 0 Å². The van der Waals surface area contributed by atoms with Crippen molar-refractivity contribution in [1.82, 2.24) is 0 Å². The Balaban J connectivity index is 1.56. The lowest BCUT2D eigenvalue weighted by atomic mass is 9.87. The maximum atomic E-state index is 6.01. The summed E-state index contributed by atoms with van der Waals surface area (Å²) in [5.41, 5.74) is 1.60. The van der Waals surface area contributed by atoms with Crippen LogP contribution in [0.4, 0.5) is 0 Å². The minimum atomic E-state index is 0.225. The molecule has 1 nitrogen and oxygen atoms in total. The number of fused-ring (bicyclic) bond motifs is 2. The van der Waals surface area contributed by atoms with E-state index in [4.69, 9.17) is 4.74 Å². The number of benzene rings is 1. The molecule has 3 atom stereocenters. The largest absolute Gasteiger partial charge is 0.493 e. The molecule has 1 aromatic carbocycles. The normalized spacial score (nSPS) is 29.7. The zero-order valence-corrected chi connectivity index (χ0v) is 12.5. The van der Waals surface area contributed by atoms with Gasteiger partial charge in [-0.1, -0.05) is 39.3 Å². The standard InChI is InChI=1S/C18H26O/c1-18(2,3)16-6-8-17(9-7-16)19-12-15-11-13-4-5-14(15)10-13/h6-9,13-15H,4-5,10-12H2,1-3H3. The van der Waals surface area contributed by atoms with Crippen LogP contribution in [0.15, 0.2) is 24.3 Å². The van der Waals surface area contributed by atoms with Gasteiger partial charge in [0.05, 0.1) is 6.61 Å². The van der Waals surface area contributed by atoms with E-state index in [0.717, 1.165) is 30.1 Å². The van der Waals surface area contributed by atoms with Gasteiger partial charge in [-0.05, 0) is 60.1 Å². The second-order valence-electron chi connectivity index (χ2n) is 7.52. The van der Waals surface area contributed by atoms with Gasteiger partial charge >= 0.3 is 0 Å². The third-order valence-corrected chi connectivity index (χ3v) is 5.07. The first-order valence-corrected chi connectivity index (χ1v) is 7.76. The molecule has 2 saturated carbocycles. The molecular formula is C18H26O. The molecule has 0 radical (unpaired) electrons. The molecular weight excluding hydrogens is 232 g/mol. The molecule has 19 heavy (non-hydrogen) atoms. The van der Waals surface area contributed by atoms with Crippen molar-refractivity contribution in [3.63, 3.8) is 0 Å². The van der Waals surface area contributed by atoms with Crippen LogP contribution in [0.3, 0.4) is 0 Å².